The van der Waals surface area contributed by atoms with Crippen molar-refractivity contribution in [2.75, 3.05) is 24.5 Å². The molecule has 1 aromatic heterocycles. The van der Waals surface area contributed by atoms with Gasteiger partial charge in [-0.25, -0.2) is 4.98 Å². The van der Waals surface area contributed by atoms with Crippen molar-refractivity contribution in [1.82, 2.24) is 10.3 Å². The highest BCUT2D eigenvalue weighted by Crippen LogP contribution is 2.32. The largest absolute Gasteiger partial charge is 0.365 e. The average Bonchev–Trinajstić information content (AvgIpc) is 2.91. The van der Waals surface area contributed by atoms with Crippen LogP contribution in [0.1, 0.15) is 12.1 Å². The predicted molar refractivity (Wildman–Crippen MR) is 61.1 cm³/mol. The van der Waals surface area contributed by atoms with E-state index in [4.69, 9.17) is 5.26 Å². The van der Waals surface area contributed by atoms with Crippen LogP contribution < -0.4 is 10.2 Å². The van der Waals surface area contributed by atoms with Gasteiger partial charge in [-0.05, 0) is 24.5 Å². The molecule has 4 heteroatoms. The first-order valence-electron chi connectivity index (χ1n) is 5.72. The summed E-state index contributed by atoms with van der Waals surface area (Å²) in [6, 6.07) is 6.65. The van der Waals surface area contributed by atoms with Crippen LogP contribution in [0.2, 0.25) is 0 Å². The van der Waals surface area contributed by atoms with Gasteiger partial charge < -0.3 is 10.2 Å². The molecular weight excluding hydrogens is 200 g/mol. The van der Waals surface area contributed by atoms with Gasteiger partial charge in [-0.3, -0.25) is 0 Å². The first-order chi connectivity index (χ1) is 7.90. The van der Waals surface area contributed by atoms with E-state index >= 15 is 0 Å². The molecule has 2 saturated heterocycles. The Morgan fingerprint density at radius 3 is 3.31 bits per heavy atom. The third kappa shape index (κ3) is 1.36. The van der Waals surface area contributed by atoms with Crippen molar-refractivity contribution in [3.8, 4) is 6.07 Å². The van der Waals surface area contributed by atoms with Gasteiger partial charge in [0.2, 0.25) is 0 Å². The topological polar surface area (TPSA) is 52.0 Å². The zero-order chi connectivity index (χ0) is 11.0. The molecule has 2 aliphatic heterocycles. The van der Waals surface area contributed by atoms with E-state index in [1.807, 2.05) is 12.1 Å². The molecule has 0 spiro atoms. The lowest BCUT2D eigenvalue weighted by Gasteiger charge is -2.25. The first kappa shape index (κ1) is 9.61. The van der Waals surface area contributed by atoms with Crippen molar-refractivity contribution in [3.63, 3.8) is 0 Å². The Balaban J connectivity index is 1.95. The molecule has 1 aromatic rings. The van der Waals surface area contributed by atoms with E-state index in [9.17, 15) is 0 Å². The van der Waals surface area contributed by atoms with Crippen molar-refractivity contribution in [3.05, 3.63) is 24.0 Å². The van der Waals surface area contributed by atoms with Crippen LogP contribution >= 0.6 is 0 Å². The Morgan fingerprint density at radius 1 is 1.50 bits per heavy atom. The van der Waals surface area contributed by atoms with Crippen LogP contribution in [-0.2, 0) is 0 Å². The summed E-state index contributed by atoms with van der Waals surface area (Å²) in [6.45, 7) is 3.20. The summed E-state index contributed by atoms with van der Waals surface area (Å²) in [6.07, 6.45) is 2.90. The fourth-order valence-corrected chi connectivity index (χ4v) is 2.86. The zero-order valence-corrected chi connectivity index (χ0v) is 9.06. The Hall–Kier alpha value is -1.60. The minimum absolute atomic E-state index is 0.551. The van der Waals surface area contributed by atoms with Gasteiger partial charge in [-0.1, -0.05) is 0 Å². The summed E-state index contributed by atoms with van der Waals surface area (Å²) in [4.78, 5) is 6.48. The number of hydrogen-bond acceptors (Lipinski definition) is 4. The standard InChI is InChI=1S/C12H14N4/c13-6-10-11(2-1-4-15-10)16-5-3-9-7-14-8-12(9)16/h1-2,4,9,12,14H,3,5,7-8H2/t9-,12+/m0/s1. The van der Waals surface area contributed by atoms with E-state index in [1.165, 1.54) is 6.42 Å². The average molecular weight is 214 g/mol. The van der Waals surface area contributed by atoms with Crippen molar-refractivity contribution < 1.29 is 0 Å². The number of rotatable bonds is 1. The number of pyridine rings is 1. The van der Waals surface area contributed by atoms with Crippen LogP contribution in [0.25, 0.3) is 0 Å². The molecule has 0 aliphatic carbocycles. The number of nitrogens with one attached hydrogen (secondary N) is 1. The minimum Gasteiger partial charge on any atom is -0.365 e. The molecule has 1 N–H and O–H groups in total. The maximum Gasteiger partial charge on any atom is 0.163 e. The van der Waals surface area contributed by atoms with E-state index in [0.29, 0.717) is 11.7 Å². The van der Waals surface area contributed by atoms with Crippen molar-refractivity contribution in [2.24, 2.45) is 5.92 Å². The molecule has 3 heterocycles. The van der Waals surface area contributed by atoms with Crippen LogP contribution in [0.15, 0.2) is 18.3 Å². The van der Waals surface area contributed by atoms with Crippen LogP contribution in [0.4, 0.5) is 5.69 Å². The summed E-state index contributed by atoms with van der Waals surface area (Å²) in [5.41, 5.74) is 1.55. The number of fused-ring (bicyclic) bond motifs is 1. The second-order valence-electron chi connectivity index (χ2n) is 4.45. The third-order valence-electron chi connectivity index (χ3n) is 3.65. The van der Waals surface area contributed by atoms with Crippen molar-refractivity contribution in [1.29, 1.82) is 5.26 Å². The molecule has 0 radical (unpaired) electrons. The van der Waals surface area contributed by atoms with Crippen LogP contribution in [0.3, 0.4) is 0 Å². The highest BCUT2D eigenvalue weighted by Gasteiger charge is 2.38. The van der Waals surface area contributed by atoms with Gasteiger partial charge >= 0.3 is 0 Å². The summed E-state index contributed by atoms with van der Waals surface area (Å²) >= 11 is 0. The Kier molecular flexibility index (Phi) is 2.26. The number of nitrogens with zero attached hydrogens (tertiary/aromatic N) is 3. The molecule has 2 aliphatic rings. The normalized spacial score (nSPS) is 27.8. The fourth-order valence-electron chi connectivity index (χ4n) is 2.86. The molecule has 0 bridgehead atoms. The molecule has 0 amide bonds. The van der Waals surface area contributed by atoms with Gasteiger partial charge in [0.05, 0.1) is 5.69 Å². The van der Waals surface area contributed by atoms with Gasteiger partial charge in [0.1, 0.15) is 6.07 Å². The highest BCUT2D eigenvalue weighted by atomic mass is 15.2. The van der Waals surface area contributed by atoms with Crippen LogP contribution in [-0.4, -0.2) is 30.7 Å². The summed E-state index contributed by atoms with van der Waals surface area (Å²) in [5.74, 6) is 0.742. The smallest absolute Gasteiger partial charge is 0.163 e. The van der Waals surface area contributed by atoms with Crippen molar-refractivity contribution in [2.45, 2.75) is 12.5 Å². The quantitative estimate of drug-likeness (QED) is 0.749. The molecule has 0 unspecified atom stereocenters. The van der Waals surface area contributed by atoms with E-state index in [-0.39, 0.29) is 0 Å². The molecule has 4 nitrogen and oxygen atoms in total. The van der Waals surface area contributed by atoms with Gasteiger partial charge in [0, 0.05) is 31.9 Å². The lowest BCUT2D eigenvalue weighted by Crippen LogP contribution is -2.34. The van der Waals surface area contributed by atoms with Gasteiger partial charge in [0.15, 0.2) is 5.69 Å². The lowest BCUT2D eigenvalue weighted by molar-refractivity contribution is 0.578. The zero-order valence-electron chi connectivity index (χ0n) is 9.06. The third-order valence-corrected chi connectivity index (χ3v) is 3.65. The Bertz CT molecular complexity index is 437. The van der Waals surface area contributed by atoms with Crippen LogP contribution in [0, 0.1) is 17.2 Å². The van der Waals surface area contributed by atoms with E-state index in [1.54, 1.807) is 6.20 Å². The van der Waals surface area contributed by atoms with Gasteiger partial charge in [0.25, 0.3) is 0 Å². The summed E-state index contributed by atoms with van der Waals surface area (Å²) < 4.78 is 0. The van der Waals surface area contributed by atoms with E-state index in [2.05, 4.69) is 21.3 Å². The summed E-state index contributed by atoms with van der Waals surface area (Å²) in [7, 11) is 0. The van der Waals surface area contributed by atoms with E-state index < -0.39 is 0 Å². The molecule has 16 heavy (non-hydrogen) atoms. The molecular formula is C12H14N4. The maximum absolute atomic E-state index is 9.06. The molecule has 82 valence electrons. The van der Waals surface area contributed by atoms with E-state index in [0.717, 1.165) is 31.2 Å². The number of nitriles is 1. The van der Waals surface area contributed by atoms with Gasteiger partial charge in [-0.15, -0.1) is 0 Å². The summed E-state index contributed by atoms with van der Waals surface area (Å²) in [5, 5.41) is 12.5. The van der Waals surface area contributed by atoms with Gasteiger partial charge in [-0.2, -0.15) is 5.26 Å². The Morgan fingerprint density at radius 2 is 2.44 bits per heavy atom. The molecule has 0 aromatic carbocycles. The number of hydrogen-bond donors (Lipinski definition) is 1. The Labute approximate surface area is 94.9 Å². The maximum atomic E-state index is 9.06. The predicted octanol–water partition coefficient (Wildman–Crippen LogP) is 0.751. The van der Waals surface area contributed by atoms with Crippen LogP contribution in [0.5, 0.6) is 0 Å². The molecule has 2 fully saturated rings. The number of anilines is 1. The van der Waals surface area contributed by atoms with Crippen molar-refractivity contribution >= 4 is 5.69 Å². The fraction of sp³-hybridized carbons (Fsp3) is 0.500. The second-order valence-corrected chi connectivity index (χ2v) is 4.45. The first-order valence-corrected chi connectivity index (χ1v) is 5.72. The monoisotopic (exact) mass is 214 g/mol. The number of aromatic nitrogens is 1. The SMILES string of the molecule is N#Cc1ncccc1N1CC[C@H]2CNC[C@H]21. The minimum atomic E-state index is 0.551. The second kappa shape index (κ2) is 3.76. The lowest BCUT2D eigenvalue weighted by atomic mass is 10.0. The molecule has 0 saturated carbocycles. The molecule has 2 atom stereocenters. The molecule has 3 rings (SSSR count). The highest BCUT2D eigenvalue weighted by molar-refractivity contribution is 5.57.